The van der Waals surface area contributed by atoms with Crippen LogP contribution in [-0.2, 0) is 14.4 Å². The zero-order valence-corrected chi connectivity index (χ0v) is 22.4. The molecule has 1 spiro atoms. The minimum atomic E-state index is -0.950. The molecule has 2 unspecified atom stereocenters. The number of carboxylic acid groups (broad SMARTS) is 1. The Bertz CT molecular complexity index is 853. The van der Waals surface area contributed by atoms with E-state index in [0.29, 0.717) is 38.8 Å². The van der Waals surface area contributed by atoms with Gasteiger partial charge in [-0.3, -0.25) is 14.4 Å². The average Bonchev–Trinajstić information content (AvgIpc) is 3.25. The highest BCUT2D eigenvalue weighted by molar-refractivity contribution is 8.02. The summed E-state index contributed by atoms with van der Waals surface area (Å²) >= 11 is 1.56. The summed E-state index contributed by atoms with van der Waals surface area (Å²) in [5, 5.41) is 19.4. The lowest BCUT2D eigenvalue weighted by atomic mass is 9.66. The molecule has 3 rings (SSSR count). The van der Waals surface area contributed by atoms with Gasteiger partial charge in [-0.1, -0.05) is 26.8 Å². The van der Waals surface area contributed by atoms with Crippen molar-refractivity contribution in [3.63, 3.8) is 0 Å². The number of hydrogen-bond donors (Lipinski definition) is 2. The van der Waals surface area contributed by atoms with Crippen molar-refractivity contribution in [1.82, 2.24) is 9.80 Å². The third kappa shape index (κ3) is 4.41. The van der Waals surface area contributed by atoms with Gasteiger partial charge in [0.15, 0.2) is 0 Å². The van der Waals surface area contributed by atoms with E-state index >= 15 is 0 Å². The smallest absolute Gasteiger partial charge is 0.308 e. The molecule has 2 amide bonds. The Labute approximate surface area is 208 Å². The Kier molecular flexibility index (Phi) is 7.29. The molecule has 3 aliphatic rings. The molecule has 5 atom stereocenters. The Morgan fingerprint density at radius 3 is 2.41 bits per heavy atom. The molecule has 192 valence electrons. The van der Waals surface area contributed by atoms with Crippen LogP contribution in [0.3, 0.4) is 0 Å². The third-order valence-corrected chi connectivity index (χ3v) is 9.84. The molecule has 0 saturated carbocycles. The fraction of sp³-hybridized carbons (Fsp3) is 0.808. The van der Waals surface area contributed by atoms with Crippen LogP contribution in [0.4, 0.5) is 0 Å². The Hall–Kier alpha value is -1.54. The maximum atomic E-state index is 14.4. The van der Waals surface area contributed by atoms with E-state index in [0.717, 1.165) is 6.42 Å². The van der Waals surface area contributed by atoms with Crippen molar-refractivity contribution in [2.75, 3.05) is 19.7 Å². The van der Waals surface area contributed by atoms with E-state index in [4.69, 9.17) is 0 Å². The zero-order chi connectivity index (χ0) is 25.7. The number of aliphatic carboxylic acids is 1. The van der Waals surface area contributed by atoms with Crippen molar-refractivity contribution in [2.24, 2.45) is 17.3 Å². The molecule has 0 aromatic heterocycles. The second kappa shape index (κ2) is 9.16. The number of aliphatic hydroxyl groups excluding tert-OH is 1. The van der Waals surface area contributed by atoms with Gasteiger partial charge in [0.25, 0.3) is 0 Å². The highest BCUT2D eigenvalue weighted by atomic mass is 32.2. The summed E-state index contributed by atoms with van der Waals surface area (Å²) in [6, 6.07) is -0.709. The molecule has 0 aromatic rings. The molecule has 3 heterocycles. The number of nitrogens with zero attached hydrogens (tertiary/aromatic N) is 2. The molecule has 3 saturated heterocycles. The summed E-state index contributed by atoms with van der Waals surface area (Å²) in [6.45, 7) is 17.1. The fourth-order valence-corrected chi connectivity index (χ4v) is 9.36. The predicted octanol–water partition coefficient (Wildman–Crippen LogP) is 3.55. The lowest BCUT2D eigenvalue weighted by molar-refractivity contribution is -0.150. The van der Waals surface area contributed by atoms with Crippen LogP contribution < -0.4 is 0 Å². The van der Waals surface area contributed by atoms with Gasteiger partial charge >= 0.3 is 5.97 Å². The van der Waals surface area contributed by atoms with Gasteiger partial charge in [-0.05, 0) is 58.3 Å². The van der Waals surface area contributed by atoms with E-state index < -0.39 is 38.9 Å². The van der Waals surface area contributed by atoms with E-state index in [-0.39, 0.29) is 23.8 Å². The number of likely N-dealkylation sites (tertiary alicyclic amines) is 1. The van der Waals surface area contributed by atoms with Crippen LogP contribution in [0.5, 0.6) is 0 Å². The molecule has 2 bridgehead atoms. The van der Waals surface area contributed by atoms with Gasteiger partial charge in [0.1, 0.15) is 6.04 Å². The molecule has 0 aliphatic carbocycles. The van der Waals surface area contributed by atoms with E-state index in [1.165, 1.54) is 0 Å². The van der Waals surface area contributed by atoms with Crippen LogP contribution in [0.2, 0.25) is 0 Å². The second-order valence-corrected chi connectivity index (χ2v) is 14.2. The normalized spacial score (nSPS) is 32.7. The van der Waals surface area contributed by atoms with Crippen LogP contribution >= 0.6 is 11.8 Å². The van der Waals surface area contributed by atoms with Crippen LogP contribution in [0.25, 0.3) is 0 Å². The van der Waals surface area contributed by atoms with Crippen molar-refractivity contribution in [3.05, 3.63) is 12.7 Å². The molecule has 0 aromatic carbocycles. The van der Waals surface area contributed by atoms with E-state index in [1.54, 1.807) is 22.7 Å². The number of fused-ring (bicyclic) bond motifs is 1. The zero-order valence-electron chi connectivity index (χ0n) is 21.6. The molecule has 3 fully saturated rings. The van der Waals surface area contributed by atoms with Gasteiger partial charge < -0.3 is 20.0 Å². The quantitative estimate of drug-likeness (QED) is 0.356. The molecular formula is C26H42N2O5S. The lowest BCUT2D eigenvalue weighted by Crippen LogP contribution is -2.60. The van der Waals surface area contributed by atoms with Gasteiger partial charge in [-0.2, -0.15) is 0 Å². The van der Waals surface area contributed by atoms with Crippen molar-refractivity contribution in [2.45, 2.75) is 94.7 Å². The van der Waals surface area contributed by atoms with Crippen molar-refractivity contribution < 1.29 is 24.6 Å². The van der Waals surface area contributed by atoms with Crippen LogP contribution in [0, 0.1) is 17.3 Å². The standard InChI is InChI=1S/C26H42N2O5S/c1-8-13-28(24(5,6)16-23(2,3)4)21(31)19-26-12-11-25(7,34-26)18(22(32)33)17(26)20(30)27(19)14-9-10-15-29/h8,17-19,29H,1,9-16H2,2-7H3,(H,32,33)/t17-,18-,19?,25+,26?/m0/s1. The summed E-state index contributed by atoms with van der Waals surface area (Å²) in [6.07, 6.45) is 4.93. The molecule has 34 heavy (non-hydrogen) atoms. The lowest BCUT2D eigenvalue weighted by Gasteiger charge is -2.46. The SMILES string of the molecule is C=CCN(C(=O)C1N(CCCCO)C(=O)[C@@H]2[C@@H](C(=O)O)[C@@]3(C)CCC12S3)C(C)(C)CC(C)(C)C. The summed E-state index contributed by atoms with van der Waals surface area (Å²) in [5.74, 6) is -2.78. The maximum Gasteiger partial charge on any atom is 0.308 e. The average molecular weight is 495 g/mol. The van der Waals surface area contributed by atoms with E-state index in [1.807, 2.05) is 11.8 Å². The van der Waals surface area contributed by atoms with Crippen LogP contribution in [-0.4, -0.2) is 78.6 Å². The summed E-state index contributed by atoms with van der Waals surface area (Å²) in [5.41, 5.74) is -0.492. The third-order valence-electron chi connectivity index (χ3n) is 7.86. The number of carbonyl (C=O) groups excluding carboxylic acids is 2. The highest BCUT2D eigenvalue weighted by Gasteiger charge is 2.77. The second-order valence-electron chi connectivity index (χ2n) is 12.3. The Balaban J connectivity index is 2.07. The predicted molar refractivity (Wildman–Crippen MR) is 134 cm³/mol. The summed E-state index contributed by atoms with van der Waals surface area (Å²) in [7, 11) is 0. The number of unbranched alkanes of at least 4 members (excludes halogenated alkanes) is 1. The van der Waals surface area contributed by atoms with Gasteiger partial charge in [0.2, 0.25) is 11.8 Å². The first-order valence-electron chi connectivity index (χ1n) is 12.4. The molecule has 7 nitrogen and oxygen atoms in total. The molecule has 8 heteroatoms. The highest BCUT2D eigenvalue weighted by Crippen LogP contribution is 2.71. The van der Waals surface area contributed by atoms with E-state index in [9.17, 15) is 24.6 Å². The number of carbonyl (C=O) groups is 3. The molecule has 3 aliphatic heterocycles. The first-order chi connectivity index (χ1) is 15.6. The minimum absolute atomic E-state index is 0.0149. The van der Waals surface area contributed by atoms with E-state index in [2.05, 4.69) is 41.2 Å². The fourth-order valence-electron chi connectivity index (χ4n) is 7.02. The topological polar surface area (TPSA) is 98.2 Å². The van der Waals surface area contributed by atoms with Gasteiger partial charge in [-0.25, -0.2) is 0 Å². The first-order valence-corrected chi connectivity index (χ1v) is 13.2. The molecular weight excluding hydrogens is 452 g/mol. The van der Waals surface area contributed by atoms with Crippen LogP contribution in [0.15, 0.2) is 12.7 Å². The largest absolute Gasteiger partial charge is 0.481 e. The van der Waals surface area contributed by atoms with Crippen molar-refractivity contribution in [1.29, 1.82) is 0 Å². The Morgan fingerprint density at radius 2 is 1.88 bits per heavy atom. The minimum Gasteiger partial charge on any atom is -0.481 e. The van der Waals surface area contributed by atoms with Gasteiger partial charge in [0, 0.05) is 30.0 Å². The molecule has 0 radical (unpaired) electrons. The number of hydrogen-bond acceptors (Lipinski definition) is 5. The van der Waals surface area contributed by atoms with Crippen molar-refractivity contribution in [3.8, 4) is 0 Å². The maximum absolute atomic E-state index is 14.4. The van der Waals surface area contributed by atoms with Gasteiger partial charge in [0.05, 0.1) is 16.6 Å². The van der Waals surface area contributed by atoms with Crippen LogP contribution in [0.1, 0.15) is 73.6 Å². The van der Waals surface area contributed by atoms with Gasteiger partial charge in [-0.15, -0.1) is 18.3 Å². The molecule has 2 N–H and O–H groups in total. The van der Waals surface area contributed by atoms with Crippen molar-refractivity contribution >= 4 is 29.5 Å². The number of rotatable bonds is 10. The summed E-state index contributed by atoms with van der Waals surface area (Å²) in [4.78, 5) is 44.1. The number of carboxylic acids is 1. The number of aliphatic hydroxyl groups is 1. The Morgan fingerprint density at radius 1 is 1.24 bits per heavy atom. The number of amides is 2. The summed E-state index contributed by atoms with van der Waals surface area (Å²) < 4.78 is -1.28. The number of thioether (sulfide) groups is 1. The first kappa shape index (κ1) is 27.1. The monoisotopic (exact) mass is 494 g/mol.